The number of hydrogen-bond donors (Lipinski definition) is 3. The van der Waals surface area contributed by atoms with Crippen molar-refractivity contribution < 1.29 is 5.73 Å². The van der Waals surface area contributed by atoms with Gasteiger partial charge in [0.1, 0.15) is 5.54 Å². The molecule has 7 N–H and O–H groups in total. The van der Waals surface area contributed by atoms with Crippen molar-refractivity contribution in [3.05, 3.63) is 0 Å². The minimum absolute atomic E-state index is 0.307. The molecule has 4 aliphatic carbocycles. The summed E-state index contributed by atoms with van der Waals surface area (Å²) in [6.45, 7) is 0. The summed E-state index contributed by atoms with van der Waals surface area (Å²) in [6, 6.07) is 0. The summed E-state index contributed by atoms with van der Waals surface area (Å²) in [7, 11) is 0. The molecule has 5 atom stereocenters. The van der Waals surface area contributed by atoms with Crippen LogP contribution in [0.5, 0.6) is 0 Å². The quantitative estimate of drug-likeness (QED) is 0.389. The Bertz CT molecular complexity index is 290. The monoisotopic (exact) mass is 166 g/mol. The Labute approximate surface area is 71.7 Å². The normalized spacial score (nSPS) is 73.8. The van der Waals surface area contributed by atoms with Crippen LogP contribution in [0, 0.1) is 23.2 Å². The first-order chi connectivity index (χ1) is 5.53. The molecule has 4 saturated carbocycles. The highest BCUT2D eigenvalue weighted by Crippen LogP contribution is 2.88. The van der Waals surface area contributed by atoms with Gasteiger partial charge in [-0.15, -0.1) is 0 Å². The SMILES string of the molecule is NC1(N)C2CC3CC4([NH3+])CC1C324. The summed E-state index contributed by atoms with van der Waals surface area (Å²) in [5.74, 6) is 2.21. The molecule has 0 radical (unpaired) electrons. The standard InChI is InChI=1S/C9H15N3/c10-7-2-4-1-5-8(4,7)6(3-7)9(5,11)12/h4-6H,1-3,10-12H2/p+1. The van der Waals surface area contributed by atoms with E-state index in [2.05, 4.69) is 5.73 Å². The highest BCUT2D eigenvalue weighted by atomic mass is 15.2. The summed E-state index contributed by atoms with van der Waals surface area (Å²) in [6.07, 6.45) is 3.85. The Hall–Kier alpha value is -0.120. The van der Waals surface area contributed by atoms with Crippen molar-refractivity contribution in [1.82, 2.24) is 0 Å². The zero-order valence-corrected chi connectivity index (χ0v) is 7.22. The minimum atomic E-state index is -0.307. The summed E-state index contributed by atoms with van der Waals surface area (Å²) in [4.78, 5) is 0. The van der Waals surface area contributed by atoms with Crippen molar-refractivity contribution in [1.29, 1.82) is 0 Å². The predicted molar refractivity (Wildman–Crippen MR) is 43.5 cm³/mol. The second kappa shape index (κ2) is 1.19. The van der Waals surface area contributed by atoms with Crippen LogP contribution in [0.15, 0.2) is 0 Å². The molecule has 0 aliphatic heterocycles. The van der Waals surface area contributed by atoms with E-state index in [4.69, 9.17) is 11.5 Å². The van der Waals surface area contributed by atoms with E-state index in [-0.39, 0.29) is 5.66 Å². The Kier molecular flexibility index (Phi) is 0.630. The first-order valence-corrected chi connectivity index (χ1v) is 4.96. The van der Waals surface area contributed by atoms with Crippen LogP contribution < -0.4 is 17.2 Å². The second-order valence-corrected chi connectivity index (χ2v) is 5.66. The van der Waals surface area contributed by atoms with Gasteiger partial charge in [-0.25, -0.2) is 0 Å². The lowest BCUT2D eigenvalue weighted by atomic mass is 9.13. The van der Waals surface area contributed by atoms with Crippen LogP contribution >= 0.6 is 0 Å². The number of quaternary nitrogens is 1. The van der Waals surface area contributed by atoms with Gasteiger partial charge in [0.25, 0.3) is 0 Å². The van der Waals surface area contributed by atoms with Crippen molar-refractivity contribution in [2.45, 2.75) is 30.5 Å². The fraction of sp³-hybridized carbons (Fsp3) is 1.00. The molecule has 0 bridgehead atoms. The van der Waals surface area contributed by atoms with E-state index in [1.807, 2.05) is 0 Å². The molecule has 5 unspecified atom stereocenters. The molecule has 4 aliphatic rings. The molecular weight excluding hydrogens is 150 g/mol. The average Bonchev–Trinajstić information content (AvgIpc) is 1.91. The zero-order chi connectivity index (χ0) is 8.35. The molecular formula is C9H16N3+. The Morgan fingerprint density at radius 3 is 2.33 bits per heavy atom. The van der Waals surface area contributed by atoms with Crippen LogP contribution in [0.4, 0.5) is 0 Å². The lowest BCUT2D eigenvalue weighted by molar-refractivity contribution is -0.648. The summed E-state index contributed by atoms with van der Waals surface area (Å²) in [5, 5.41) is 0. The number of nitrogens with two attached hydrogens (primary N) is 2. The van der Waals surface area contributed by atoms with E-state index in [9.17, 15) is 0 Å². The third-order valence-corrected chi connectivity index (χ3v) is 5.71. The van der Waals surface area contributed by atoms with Crippen molar-refractivity contribution in [3.63, 3.8) is 0 Å². The van der Waals surface area contributed by atoms with Crippen LogP contribution in [0.1, 0.15) is 19.3 Å². The second-order valence-electron chi connectivity index (χ2n) is 5.66. The van der Waals surface area contributed by atoms with Crippen LogP contribution in [0.25, 0.3) is 0 Å². The summed E-state index contributed by atoms with van der Waals surface area (Å²) >= 11 is 0. The third-order valence-electron chi connectivity index (χ3n) is 5.71. The molecule has 0 aromatic rings. The first-order valence-electron chi connectivity index (χ1n) is 4.96. The Morgan fingerprint density at radius 1 is 1.17 bits per heavy atom. The highest BCUT2D eigenvalue weighted by Gasteiger charge is 2.95. The summed E-state index contributed by atoms with van der Waals surface area (Å²) < 4.78 is 0. The minimum Gasteiger partial charge on any atom is -0.352 e. The van der Waals surface area contributed by atoms with Crippen LogP contribution in [-0.4, -0.2) is 11.2 Å². The molecule has 0 saturated heterocycles. The molecule has 0 aromatic carbocycles. The molecule has 4 fully saturated rings. The van der Waals surface area contributed by atoms with E-state index >= 15 is 0 Å². The maximum absolute atomic E-state index is 6.08. The highest BCUT2D eigenvalue weighted by molar-refractivity contribution is 5.43. The van der Waals surface area contributed by atoms with Gasteiger partial charge in [0.15, 0.2) is 0 Å². The molecule has 0 aromatic heterocycles. The molecule has 0 heterocycles. The number of rotatable bonds is 0. The van der Waals surface area contributed by atoms with Gasteiger partial charge in [-0.3, -0.25) is 0 Å². The first kappa shape index (κ1) is 6.35. The fourth-order valence-electron chi connectivity index (χ4n) is 5.31. The fourth-order valence-corrected chi connectivity index (χ4v) is 5.31. The maximum Gasteiger partial charge on any atom is 0.102 e. The van der Waals surface area contributed by atoms with Gasteiger partial charge in [-0.05, 0) is 12.3 Å². The van der Waals surface area contributed by atoms with E-state index in [1.165, 1.54) is 19.3 Å². The molecule has 0 amide bonds. The molecule has 4 rings (SSSR count). The molecule has 12 heavy (non-hydrogen) atoms. The maximum atomic E-state index is 6.08. The van der Waals surface area contributed by atoms with Gasteiger partial charge in [-0.1, -0.05) is 0 Å². The largest absolute Gasteiger partial charge is 0.352 e. The van der Waals surface area contributed by atoms with Crippen LogP contribution in [0.3, 0.4) is 0 Å². The van der Waals surface area contributed by atoms with Crippen molar-refractivity contribution >= 4 is 0 Å². The van der Waals surface area contributed by atoms with Gasteiger partial charge in [-0.2, -0.15) is 0 Å². The van der Waals surface area contributed by atoms with Gasteiger partial charge < -0.3 is 17.2 Å². The van der Waals surface area contributed by atoms with Gasteiger partial charge in [0.2, 0.25) is 0 Å². The molecule has 3 nitrogen and oxygen atoms in total. The number of hydrogen-bond acceptors (Lipinski definition) is 2. The van der Waals surface area contributed by atoms with Crippen molar-refractivity contribution in [2.24, 2.45) is 34.6 Å². The third kappa shape index (κ3) is 0.279. The average molecular weight is 166 g/mol. The van der Waals surface area contributed by atoms with E-state index in [0.29, 0.717) is 22.8 Å². The topological polar surface area (TPSA) is 79.7 Å². The lowest BCUT2D eigenvalue weighted by Gasteiger charge is -2.91. The van der Waals surface area contributed by atoms with E-state index < -0.39 is 0 Å². The van der Waals surface area contributed by atoms with Gasteiger partial charge in [0.05, 0.1) is 5.66 Å². The summed E-state index contributed by atoms with van der Waals surface area (Å²) in [5.41, 5.74) is 17.2. The Morgan fingerprint density at radius 2 is 1.92 bits per heavy atom. The van der Waals surface area contributed by atoms with Gasteiger partial charge >= 0.3 is 0 Å². The van der Waals surface area contributed by atoms with Gasteiger partial charge in [0, 0.05) is 30.1 Å². The van der Waals surface area contributed by atoms with Crippen LogP contribution in [-0.2, 0) is 0 Å². The lowest BCUT2D eigenvalue weighted by Crippen LogP contribution is -3.09. The van der Waals surface area contributed by atoms with Crippen molar-refractivity contribution in [2.75, 3.05) is 0 Å². The molecule has 3 heteroatoms. The zero-order valence-electron chi connectivity index (χ0n) is 7.22. The van der Waals surface area contributed by atoms with E-state index in [0.717, 1.165) is 5.92 Å². The smallest absolute Gasteiger partial charge is 0.102 e. The van der Waals surface area contributed by atoms with Crippen molar-refractivity contribution in [3.8, 4) is 0 Å². The Balaban J connectivity index is 1.83. The predicted octanol–water partition coefficient (Wildman–Crippen LogP) is -1.36. The van der Waals surface area contributed by atoms with E-state index in [1.54, 1.807) is 0 Å². The molecule has 1 spiro atoms. The molecule has 66 valence electrons. The van der Waals surface area contributed by atoms with Crippen LogP contribution in [0.2, 0.25) is 0 Å².